The minimum absolute atomic E-state index is 0.00362. The van der Waals surface area contributed by atoms with E-state index in [9.17, 15) is 9.90 Å². The highest BCUT2D eigenvalue weighted by Gasteiger charge is 2.68. The van der Waals surface area contributed by atoms with Crippen molar-refractivity contribution >= 4 is 11.8 Å². The van der Waals surface area contributed by atoms with Crippen LogP contribution in [0.15, 0.2) is 11.1 Å². The molecule has 4 N–H and O–H groups in total. The molecule has 7 unspecified atom stereocenters. The largest absolute Gasteiger partial charge is 0.481 e. The van der Waals surface area contributed by atoms with E-state index >= 15 is 0 Å². The molecule has 0 bridgehead atoms. The number of anilines is 1. The molecular weight excluding hydrogens is 458 g/mol. The van der Waals surface area contributed by atoms with Crippen LogP contribution in [0.1, 0.15) is 112 Å². The smallest absolute Gasteiger partial charge is 0.306 e. The van der Waals surface area contributed by atoms with E-state index in [2.05, 4.69) is 60.5 Å². The number of H-pyrrole nitrogens is 1. The maximum atomic E-state index is 12.4. The van der Waals surface area contributed by atoms with E-state index in [1.54, 1.807) is 11.1 Å². The van der Waals surface area contributed by atoms with Crippen LogP contribution < -0.4 is 5.73 Å². The van der Waals surface area contributed by atoms with Crippen molar-refractivity contribution in [3.05, 3.63) is 22.4 Å². The number of carboxylic acid groups (broad SMARTS) is 1. The van der Waals surface area contributed by atoms with Gasteiger partial charge < -0.3 is 10.8 Å². The second-order valence-corrected chi connectivity index (χ2v) is 16.0. The first-order chi connectivity index (χ1) is 17.1. The Balaban J connectivity index is 1.48. The molecule has 0 spiro atoms. The Morgan fingerprint density at radius 1 is 1.03 bits per heavy atom. The molecule has 5 aliphatic rings. The van der Waals surface area contributed by atoms with E-state index in [-0.39, 0.29) is 38.9 Å². The monoisotopic (exact) mass is 507 g/mol. The summed E-state index contributed by atoms with van der Waals surface area (Å²) in [4.78, 5) is 12.4. The van der Waals surface area contributed by atoms with E-state index in [0.717, 1.165) is 44.3 Å². The minimum Gasteiger partial charge on any atom is -0.481 e. The lowest BCUT2D eigenvalue weighted by Gasteiger charge is -2.70. The first-order valence-corrected chi connectivity index (χ1v) is 14.8. The van der Waals surface area contributed by atoms with Gasteiger partial charge >= 0.3 is 5.97 Å². The van der Waals surface area contributed by atoms with Crippen LogP contribution >= 0.6 is 0 Å². The molecule has 6 rings (SSSR count). The van der Waals surface area contributed by atoms with Crippen LogP contribution in [-0.4, -0.2) is 21.3 Å². The zero-order chi connectivity index (χ0) is 26.9. The number of allylic oxidation sites excluding steroid dienone is 2. The third-order valence-corrected chi connectivity index (χ3v) is 13.3. The number of nitrogens with two attached hydrogens (primary N) is 1. The highest BCUT2D eigenvalue weighted by molar-refractivity contribution is 5.71. The molecule has 37 heavy (non-hydrogen) atoms. The summed E-state index contributed by atoms with van der Waals surface area (Å²) in [5.41, 5.74) is 12.7. The van der Waals surface area contributed by atoms with Crippen LogP contribution in [0.25, 0.3) is 0 Å². The number of carboxylic acids is 1. The molecule has 0 radical (unpaired) electrons. The van der Waals surface area contributed by atoms with Gasteiger partial charge in [0.1, 0.15) is 5.82 Å². The number of rotatable bonds is 1. The van der Waals surface area contributed by atoms with Gasteiger partial charge in [0.05, 0.1) is 11.6 Å². The molecule has 1 aromatic heterocycles. The highest BCUT2D eigenvalue weighted by Crippen LogP contribution is 2.75. The predicted molar refractivity (Wildman–Crippen MR) is 148 cm³/mol. The number of nitrogens with one attached hydrogen (secondary N) is 1. The number of hydrogen-bond acceptors (Lipinski definition) is 3. The zero-order valence-electron chi connectivity index (χ0n) is 24.4. The SMILES string of the molecule is CC1=C2C3CC(C)(C)C[C@@H](C(=O)O)C3CCC2(C)C2(C)CCC3C(C)(C)c4n[nH]c(N)c4CC3(C)C2C1. The molecule has 0 aliphatic heterocycles. The number of carbonyl (C=O) groups is 1. The molecule has 0 amide bonds. The zero-order valence-corrected chi connectivity index (χ0v) is 24.4. The number of hydrogen-bond donors (Lipinski definition) is 3. The van der Waals surface area contributed by atoms with E-state index in [1.165, 1.54) is 24.1 Å². The average molecular weight is 508 g/mol. The fraction of sp³-hybridized carbons (Fsp3) is 0.812. The lowest BCUT2D eigenvalue weighted by Crippen LogP contribution is -2.64. The fourth-order valence-corrected chi connectivity index (χ4v) is 11.7. The number of aromatic amines is 1. The Labute approximate surface area is 223 Å². The molecule has 5 heteroatoms. The van der Waals surface area contributed by atoms with Gasteiger partial charge in [0.25, 0.3) is 0 Å². The summed E-state index contributed by atoms with van der Waals surface area (Å²) in [6.07, 6.45) is 8.74. The van der Waals surface area contributed by atoms with Crippen molar-refractivity contribution in [2.24, 2.45) is 51.2 Å². The van der Waals surface area contributed by atoms with Crippen molar-refractivity contribution in [3.63, 3.8) is 0 Å². The van der Waals surface area contributed by atoms with Gasteiger partial charge in [-0.2, -0.15) is 5.10 Å². The Morgan fingerprint density at radius 3 is 2.41 bits per heavy atom. The van der Waals surface area contributed by atoms with Gasteiger partial charge in [-0.1, -0.05) is 59.6 Å². The van der Waals surface area contributed by atoms with E-state index in [4.69, 9.17) is 10.8 Å². The fourth-order valence-electron chi connectivity index (χ4n) is 11.7. The number of nitrogens with zero attached hydrogens (tertiary/aromatic N) is 1. The van der Waals surface area contributed by atoms with Crippen molar-refractivity contribution in [1.82, 2.24) is 10.2 Å². The second-order valence-electron chi connectivity index (χ2n) is 16.0. The average Bonchev–Trinajstić information content (AvgIpc) is 3.14. The first kappa shape index (κ1) is 25.5. The van der Waals surface area contributed by atoms with Gasteiger partial charge in [-0.25, -0.2) is 0 Å². The standard InChI is InChI=1S/C32H49N3O2/c1-17-13-23-30(6)16-21-25(34-35-26(21)33)29(4,5)22(30)10-12-31(23,7)32(8)11-9-18-19(24(17)32)14-28(2,3)15-20(18)27(36)37/h18-20,22-23H,9-16H2,1-8H3,(H,36,37)(H3,33,34,35)/t18?,19?,20-,22?,23?,30?,31?,32?/m1/s1. The van der Waals surface area contributed by atoms with Crippen LogP contribution in [0.5, 0.6) is 0 Å². The van der Waals surface area contributed by atoms with Gasteiger partial charge in [0.2, 0.25) is 0 Å². The van der Waals surface area contributed by atoms with Crippen molar-refractivity contribution < 1.29 is 9.90 Å². The van der Waals surface area contributed by atoms with Crippen molar-refractivity contribution in [2.45, 2.75) is 112 Å². The summed E-state index contributed by atoms with van der Waals surface area (Å²) in [5, 5.41) is 18.1. The Kier molecular flexibility index (Phi) is 5.13. The molecule has 5 aliphatic carbocycles. The Hall–Kier alpha value is -1.78. The molecule has 1 aromatic rings. The molecule has 8 atom stereocenters. The molecule has 3 fully saturated rings. The maximum Gasteiger partial charge on any atom is 0.306 e. The van der Waals surface area contributed by atoms with Crippen molar-refractivity contribution in [3.8, 4) is 0 Å². The lowest BCUT2D eigenvalue weighted by molar-refractivity contribution is -0.163. The number of fused-ring (bicyclic) bond motifs is 8. The third kappa shape index (κ3) is 3.09. The van der Waals surface area contributed by atoms with E-state index in [1.807, 2.05) is 0 Å². The summed E-state index contributed by atoms with van der Waals surface area (Å²) in [6, 6.07) is 0. The van der Waals surface area contributed by atoms with E-state index in [0.29, 0.717) is 17.8 Å². The van der Waals surface area contributed by atoms with Crippen molar-refractivity contribution in [2.75, 3.05) is 5.73 Å². The maximum absolute atomic E-state index is 12.4. The van der Waals surface area contributed by atoms with Crippen LogP contribution in [0.2, 0.25) is 0 Å². The predicted octanol–water partition coefficient (Wildman–Crippen LogP) is 7.14. The summed E-state index contributed by atoms with van der Waals surface area (Å²) in [6.45, 7) is 19.6. The molecule has 1 heterocycles. The quantitative estimate of drug-likeness (QED) is 0.352. The summed E-state index contributed by atoms with van der Waals surface area (Å²) in [7, 11) is 0. The number of aromatic nitrogens is 2. The van der Waals surface area contributed by atoms with Crippen LogP contribution in [0.4, 0.5) is 5.82 Å². The number of nitrogen functional groups attached to an aromatic ring is 1. The molecule has 0 aromatic carbocycles. The number of aliphatic carboxylic acids is 1. The van der Waals surface area contributed by atoms with Gasteiger partial charge in [-0.3, -0.25) is 9.89 Å². The van der Waals surface area contributed by atoms with Crippen LogP contribution in [-0.2, 0) is 16.6 Å². The normalized spacial score (nSPS) is 45.7. The Bertz CT molecular complexity index is 1190. The second kappa shape index (κ2) is 7.45. The lowest BCUT2D eigenvalue weighted by atomic mass is 9.34. The molecule has 3 saturated carbocycles. The topological polar surface area (TPSA) is 92.0 Å². The van der Waals surface area contributed by atoms with E-state index < -0.39 is 5.97 Å². The molecule has 0 saturated heterocycles. The molecular formula is C32H49N3O2. The highest BCUT2D eigenvalue weighted by atomic mass is 16.4. The third-order valence-electron chi connectivity index (χ3n) is 13.3. The molecule has 204 valence electrons. The van der Waals surface area contributed by atoms with Gasteiger partial charge in [-0.15, -0.1) is 0 Å². The summed E-state index contributed by atoms with van der Waals surface area (Å²) < 4.78 is 0. The van der Waals surface area contributed by atoms with Crippen molar-refractivity contribution in [1.29, 1.82) is 0 Å². The van der Waals surface area contributed by atoms with Gasteiger partial charge in [0, 0.05) is 11.0 Å². The minimum atomic E-state index is -0.574. The van der Waals surface area contributed by atoms with Gasteiger partial charge in [-0.05, 0) is 104 Å². The first-order valence-electron chi connectivity index (χ1n) is 14.8. The van der Waals surface area contributed by atoms with Gasteiger partial charge in [0.15, 0.2) is 0 Å². The Morgan fingerprint density at radius 2 is 1.73 bits per heavy atom. The van der Waals surface area contributed by atoms with Crippen LogP contribution in [0.3, 0.4) is 0 Å². The summed E-state index contributed by atoms with van der Waals surface area (Å²) in [5.74, 6) is 1.83. The summed E-state index contributed by atoms with van der Waals surface area (Å²) >= 11 is 0. The molecule has 5 nitrogen and oxygen atoms in total. The van der Waals surface area contributed by atoms with Crippen LogP contribution in [0, 0.1) is 51.2 Å².